The third kappa shape index (κ3) is 3.27. The molecule has 2 aromatic carbocycles. The predicted molar refractivity (Wildman–Crippen MR) is 77.5 cm³/mol. The standard InChI is InChI=1S/C17H17FO3/c18-14-3-5-15(6-4-14)20-8-1-2-12-11-17-13(7-9-21-17)10-16(12)19/h3-6,10-11,19H,1-2,7-9H2. The number of halogens is 1. The largest absolute Gasteiger partial charge is 0.508 e. The molecule has 0 saturated carbocycles. The van der Waals surface area contributed by atoms with Crippen molar-refractivity contribution in [3.63, 3.8) is 0 Å². The molecule has 1 aliphatic rings. The number of phenols is 1. The minimum atomic E-state index is -0.273. The van der Waals surface area contributed by atoms with E-state index in [1.807, 2.05) is 6.07 Å². The molecule has 2 aromatic rings. The molecule has 0 aromatic heterocycles. The quantitative estimate of drug-likeness (QED) is 0.856. The molecule has 3 nitrogen and oxygen atoms in total. The topological polar surface area (TPSA) is 38.7 Å². The van der Waals surface area contributed by atoms with Crippen molar-refractivity contribution in [2.24, 2.45) is 0 Å². The first-order valence-electron chi connectivity index (χ1n) is 7.08. The fourth-order valence-corrected chi connectivity index (χ4v) is 2.44. The normalized spacial score (nSPS) is 12.8. The molecule has 0 unspecified atom stereocenters. The molecular formula is C17H17FO3. The Morgan fingerprint density at radius 3 is 2.81 bits per heavy atom. The number of hydrogen-bond donors (Lipinski definition) is 1. The highest BCUT2D eigenvalue weighted by atomic mass is 19.1. The fraction of sp³-hybridized carbons (Fsp3) is 0.294. The number of benzene rings is 2. The van der Waals surface area contributed by atoms with Gasteiger partial charge in [0.25, 0.3) is 0 Å². The van der Waals surface area contributed by atoms with Crippen molar-refractivity contribution >= 4 is 0 Å². The lowest BCUT2D eigenvalue weighted by molar-refractivity contribution is 0.309. The van der Waals surface area contributed by atoms with Crippen LogP contribution in [0.1, 0.15) is 17.5 Å². The van der Waals surface area contributed by atoms with Crippen LogP contribution in [-0.4, -0.2) is 18.3 Å². The summed E-state index contributed by atoms with van der Waals surface area (Å²) >= 11 is 0. The molecule has 0 saturated heterocycles. The molecule has 1 aliphatic heterocycles. The molecule has 0 spiro atoms. The Kier molecular flexibility index (Phi) is 3.95. The summed E-state index contributed by atoms with van der Waals surface area (Å²) in [4.78, 5) is 0. The van der Waals surface area contributed by atoms with Crippen LogP contribution in [0, 0.1) is 5.82 Å². The maximum atomic E-state index is 12.8. The van der Waals surface area contributed by atoms with Crippen LogP contribution in [0.4, 0.5) is 4.39 Å². The number of rotatable bonds is 5. The monoisotopic (exact) mass is 288 g/mol. The van der Waals surface area contributed by atoms with E-state index in [9.17, 15) is 9.50 Å². The molecule has 0 bridgehead atoms. The van der Waals surface area contributed by atoms with Gasteiger partial charge in [0.15, 0.2) is 0 Å². The minimum absolute atomic E-state index is 0.273. The second-order valence-electron chi connectivity index (χ2n) is 5.09. The molecule has 0 fully saturated rings. The van der Waals surface area contributed by atoms with Crippen molar-refractivity contribution < 1.29 is 19.0 Å². The second-order valence-corrected chi connectivity index (χ2v) is 5.09. The molecule has 1 heterocycles. The molecule has 0 atom stereocenters. The van der Waals surface area contributed by atoms with E-state index in [1.165, 1.54) is 12.1 Å². The van der Waals surface area contributed by atoms with E-state index in [0.717, 1.165) is 29.7 Å². The van der Waals surface area contributed by atoms with E-state index >= 15 is 0 Å². The summed E-state index contributed by atoms with van der Waals surface area (Å²) in [6.07, 6.45) is 2.34. The van der Waals surface area contributed by atoms with Crippen LogP contribution in [0.25, 0.3) is 0 Å². The summed E-state index contributed by atoms with van der Waals surface area (Å²) in [6.45, 7) is 1.20. The lowest BCUT2D eigenvalue weighted by Gasteiger charge is -2.09. The van der Waals surface area contributed by atoms with Gasteiger partial charge in [-0.25, -0.2) is 4.39 Å². The molecule has 3 rings (SSSR count). The Balaban J connectivity index is 1.52. The van der Waals surface area contributed by atoms with E-state index in [4.69, 9.17) is 9.47 Å². The maximum Gasteiger partial charge on any atom is 0.123 e. The highest BCUT2D eigenvalue weighted by molar-refractivity contribution is 5.47. The van der Waals surface area contributed by atoms with Crippen molar-refractivity contribution in [2.45, 2.75) is 19.3 Å². The first kappa shape index (κ1) is 13.7. The van der Waals surface area contributed by atoms with Crippen LogP contribution in [0.2, 0.25) is 0 Å². The van der Waals surface area contributed by atoms with E-state index in [-0.39, 0.29) is 5.82 Å². The van der Waals surface area contributed by atoms with E-state index in [1.54, 1.807) is 18.2 Å². The van der Waals surface area contributed by atoms with Crippen molar-refractivity contribution in [1.82, 2.24) is 0 Å². The number of ether oxygens (including phenoxy) is 2. The summed E-state index contributed by atoms with van der Waals surface area (Å²) in [6, 6.07) is 9.66. The molecule has 0 aliphatic carbocycles. The van der Waals surface area contributed by atoms with Gasteiger partial charge >= 0.3 is 0 Å². The van der Waals surface area contributed by atoms with Gasteiger partial charge in [-0.2, -0.15) is 0 Å². The zero-order chi connectivity index (χ0) is 14.7. The predicted octanol–water partition coefficient (Wildman–Crippen LogP) is 3.48. The third-order valence-electron chi connectivity index (χ3n) is 3.56. The summed E-state index contributed by atoms with van der Waals surface area (Å²) in [5, 5.41) is 9.98. The number of fused-ring (bicyclic) bond motifs is 1. The van der Waals surface area contributed by atoms with Crippen molar-refractivity contribution in [1.29, 1.82) is 0 Å². The zero-order valence-corrected chi connectivity index (χ0v) is 11.6. The van der Waals surface area contributed by atoms with Crippen LogP contribution in [0.3, 0.4) is 0 Å². The van der Waals surface area contributed by atoms with Gasteiger partial charge in [-0.05, 0) is 54.8 Å². The van der Waals surface area contributed by atoms with Gasteiger partial charge in [-0.1, -0.05) is 0 Å². The van der Waals surface area contributed by atoms with Gasteiger partial charge in [-0.3, -0.25) is 0 Å². The first-order chi connectivity index (χ1) is 10.2. The van der Waals surface area contributed by atoms with Gasteiger partial charge in [0.2, 0.25) is 0 Å². The highest BCUT2D eigenvalue weighted by Crippen LogP contribution is 2.32. The average molecular weight is 288 g/mol. The van der Waals surface area contributed by atoms with E-state index in [0.29, 0.717) is 31.1 Å². The Labute approximate surface area is 122 Å². The van der Waals surface area contributed by atoms with Gasteiger partial charge in [0.05, 0.1) is 13.2 Å². The van der Waals surface area contributed by atoms with Crippen LogP contribution in [0.5, 0.6) is 17.2 Å². The number of hydrogen-bond acceptors (Lipinski definition) is 3. The smallest absolute Gasteiger partial charge is 0.123 e. The summed E-state index contributed by atoms with van der Waals surface area (Å²) in [7, 11) is 0. The van der Waals surface area contributed by atoms with E-state index < -0.39 is 0 Å². The fourth-order valence-electron chi connectivity index (χ4n) is 2.44. The minimum Gasteiger partial charge on any atom is -0.508 e. The second kappa shape index (κ2) is 6.04. The van der Waals surface area contributed by atoms with Gasteiger partial charge in [-0.15, -0.1) is 0 Å². The lowest BCUT2D eigenvalue weighted by atomic mass is 10.0. The SMILES string of the molecule is Oc1cc2c(cc1CCCOc1ccc(F)cc1)OCC2. The Morgan fingerprint density at radius 2 is 2.00 bits per heavy atom. The maximum absolute atomic E-state index is 12.8. The van der Waals surface area contributed by atoms with Gasteiger partial charge in [0, 0.05) is 12.0 Å². The average Bonchev–Trinajstić information content (AvgIpc) is 2.92. The molecule has 21 heavy (non-hydrogen) atoms. The molecule has 1 N–H and O–H groups in total. The zero-order valence-electron chi connectivity index (χ0n) is 11.6. The summed E-state index contributed by atoms with van der Waals surface area (Å²) < 4.78 is 23.8. The Bertz CT molecular complexity index is 623. The van der Waals surface area contributed by atoms with Crippen molar-refractivity contribution in [3.05, 3.63) is 53.3 Å². The van der Waals surface area contributed by atoms with Crippen molar-refractivity contribution in [3.8, 4) is 17.2 Å². The Hall–Kier alpha value is -2.23. The molecular weight excluding hydrogens is 271 g/mol. The Morgan fingerprint density at radius 1 is 1.19 bits per heavy atom. The first-order valence-corrected chi connectivity index (χ1v) is 7.08. The molecule has 0 amide bonds. The number of aromatic hydroxyl groups is 1. The van der Waals surface area contributed by atoms with Crippen LogP contribution in [-0.2, 0) is 12.8 Å². The summed E-state index contributed by atoms with van der Waals surface area (Å²) in [5.74, 6) is 1.58. The van der Waals surface area contributed by atoms with Crippen molar-refractivity contribution in [2.75, 3.05) is 13.2 Å². The van der Waals surface area contributed by atoms with Crippen LogP contribution in [0.15, 0.2) is 36.4 Å². The molecule has 4 heteroatoms. The highest BCUT2D eigenvalue weighted by Gasteiger charge is 2.15. The van der Waals surface area contributed by atoms with Crippen LogP contribution < -0.4 is 9.47 Å². The molecule has 0 radical (unpaired) electrons. The van der Waals surface area contributed by atoms with Gasteiger partial charge in [0.1, 0.15) is 23.1 Å². The third-order valence-corrected chi connectivity index (χ3v) is 3.56. The number of phenolic OH excluding ortho intramolecular Hbond substituents is 1. The molecule has 110 valence electrons. The summed E-state index contributed by atoms with van der Waals surface area (Å²) in [5.41, 5.74) is 1.94. The van der Waals surface area contributed by atoms with Gasteiger partial charge < -0.3 is 14.6 Å². The number of aryl methyl sites for hydroxylation is 1. The van der Waals surface area contributed by atoms with Crippen LogP contribution >= 0.6 is 0 Å². The lowest BCUT2D eigenvalue weighted by Crippen LogP contribution is -2.00. The van der Waals surface area contributed by atoms with E-state index in [2.05, 4.69) is 0 Å².